The van der Waals surface area contributed by atoms with E-state index in [0.29, 0.717) is 24.3 Å². The number of ether oxygens (including phenoxy) is 1. The zero-order valence-corrected chi connectivity index (χ0v) is 10.8. The third-order valence-corrected chi connectivity index (χ3v) is 2.62. The fraction of sp³-hybridized carbons (Fsp3) is 0.200. The van der Waals surface area contributed by atoms with E-state index in [1.54, 1.807) is 4.57 Å². The van der Waals surface area contributed by atoms with Crippen molar-refractivity contribution in [3.63, 3.8) is 0 Å². The first kappa shape index (κ1) is 14.0. The second-order valence-electron chi connectivity index (χ2n) is 3.99. The van der Waals surface area contributed by atoms with Crippen LogP contribution >= 0.6 is 0 Å². The summed E-state index contributed by atoms with van der Waals surface area (Å²) < 4.78 is 7.11. The van der Waals surface area contributed by atoms with E-state index in [1.165, 1.54) is 6.33 Å². The van der Waals surface area contributed by atoms with Gasteiger partial charge in [0.25, 0.3) is 0 Å². The highest BCUT2D eigenvalue weighted by molar-refractivity contribution is 5.76. The van der Waals surface area contributed by atoms with Crippen LogP contribution in [0.15, 0.2) is 36.7 Å². The average molecular weight is 270 g/mol. The SMILES string of the molecule is O=Cc1c(C#CCO)ncn1COCc1ccccc1. The van der Waals surface area contributed by atoms with Gasteiger partial charge in [0.1, 0.15) is 24.7 Å². The van der Waals surface area contributed by atoms with Gasteiger partial charge in [-0.25, -0.2) is 4.98 Å². The van der Waals surface area contributed by atoms with Crippen molar-refractivity contribution in [2.75, 3.05) is 6.61 Å². The van der Waals surface area contributed by atoms with Gasteiger partial charge >= 0.3 is 0 Å². The minimum Gasteiger partial charge on any atom is -0.384 e. The van der Waals surface area contributed by atoms with Crippen molar-refractivity contribution in [1.29, 1.82) is 0 Å². The molecule has 0 radical (unpaired) electrons. The molecule has 5 heteroatoms. The Labute approximate surface area is 116 Å². The number of carbonyl (C=O) groups excluding carboxylic acids is 1. The number of aromatic nitrogens is 2. The lowest BCUT2D eigenvalue weighted by Gasteiger charge is -2.06. The molecule has 0 atom stereocenters. The first-order valence-corrected chi connectivity index (χ1v) is 6.07. The largest absolute Gasteiger partial charge is 0.384 e. The fourth-order valence-electron chi connectivity index (χ4n) is 1.67. The molecule has 0 aliphatic rings. The molecule has 0 spiro atoms. The smallest absolute Gasteiger partial charge is 0.169 e. The van der Waals surface area contributed by atoms with Gasteiger partial charge in [0.05, 0.1) is 12.9 Å². The van der Waals surface area contributed by atoms with Crippen LogP contribution in [0.4, 0.5) is 0 Å². The molecule has 5 nitrogen and oxygen atoms in total. The molecule has 0 fully saturated rings. The van der Waals surface area contributed by atoms with Gasteiger partial charge in [-0.15, -0.1) is 0 Å². The minimum atomic E-state index is -0.268. The third kappa shape index (κ3) is 3.54. The number of aliphatic hydroxyl groups is 1. The minimum absolute atomic E-state index is 0.219. The molecule has 0 aliphatic carbocycles. The average Bonchev–Trinajstić information content (AvgIpc) is 2.88. The van der Waals surface area contributed by atoms with E-state index in [2.05, 4.69) is 16.8 Å². The maximum atomic E-state index is 11.1. The van der Waals surface area contributed by atoms with Crippen LogP contribution in [-0.2, 0) is 18.1 Å². The highest BCUT2D eigenvalue weighted by Crippen LogP contribution is 2.06. The molecule has 20 heavy (non-hydrogen) atoms. The van der Waals surface area contributed by atoms with Crippen LogP contribution in [0.3, 0.4) is 0 Å². The number of nitrogens with zero attached hydrogens (tertiary/aromatic N) is 2. The molecule has 102 valence electrons. The van der Waals surface area contributed by atoms with E-state index in [9.17, 15) is 4.79 Å². The summed E-state index contributed by atoms with van der Waals surface area (Å²) in [5.74, 6) is 5.09. The van der Waals surface area contributed by atoms with Crippen LogP contribution in [0.25, 0.3) is 0 Å². The lowest BCUT2D eigenvalue weighted by molar-refractivity contribution is 0.0620. The maximum absolute atomic E-state index is 11.1. The summed E-state index contributed by atoms with van der Waals surface area (Å²) in [7, 11) is 0. The summed E-state index contributed by atoms with van der Waals surface area (Å²) in [6, 6.07) is 9.75. The Morgan fingerprint density at radius 3 is 2.85 bits per heavy atom. The van der Waals surface area contributed by atoms with Gasteiger partial charge in [0.15, 0.2) is 6.29 Å². The van der Waals surface area contributed by atoms with Crippen molar-refractivity contribution in [2.24, 2.45) is 0 Å². The molecule has 1 heterocycles. The van der Waals surface area contributed by atoms with E-state index in [0.717, 1.165) is 5.56 Å². The summed E-state index contributed by atoms with van der Waals surface area (Å²) in [6.07, 6.45) is 2.18. The number of rotatable bonds is 5. The van der Waals surface area contributed by atoms with Crippen LogP contribution in [-0.4, -0.2) is 27.6 Å². The molecule has 0 bridgehead atoms. The van der Waals surface area contributed by atoms with Gasteiger partial charge < -0.3 is 14.4 Å². The molecular formula is C15H14N2O3. The summed E-state index contributed by atoms with van der Waals surface area (Å²) in [4.78, 5) is 15.1. The van der Waals surface area contributed by atoms with Gasteiger partial charge in [0, 0.05) is 0 Å². The lowest BCUT2D eigenvalue weighted by atomic mass is 10.2. The van der Waals surface area contributed by atoms with Crippen LogP contribution in [0.2, 0.25) is 0 Å². The first-order valence-electron chi connectivity index (χ1n) is 6.07. The van der Waals surface area contributed by atoms with E-state index >= 15 is 0 Å². The third-order valence-electron chi connectivity index (χ3n) is 2.62. The number of hydrogen-bond acceptors (Lipinski definition) is 4. The molecule has 1 N–H and O–H groups in total. The predicted octanol–water partition coefficient (Wildman–Crippen LogP) is 1.21. The number of benzene rings is 1. The van der Waals surface area contributed by atoms with Crippen molar-refractivity contribution in [3.8, 4) is 11.8 Å². The topological polar surface area (TPSA) is 64.3 Å². The number of hydrogen-bond donors (Lipinski definition) is 1. The number of imidazole rings is 1. The Hall–Kier alpha value is -2.42. The molecule has 0 saturated heterocycles. The molecule has 0 saturated carbocycles. The maximum Gasteiger partial charge on any atom is 0.169 e. The first-order chi connectivity index (χ1) is 9.85. The van der Waals surface area contributed by atoms with Crippen LogP contribution < -0.4 is 0 Å². The molecule has 0 amide bonds. The highest BCUT2D eigenvalue weighted by Gasteiger charge is 2.07. The predicted molar refractivity (Wildman–Crippen MR) is 72.8 cm³/mol. The second-order valence-corrected chi connectivity index (χ2v) is 3.99. The summed E-state index contributed by atoms with van der Waals surface area (Å²) in [5.41, 5.74) is 1.75. The van der Waals surface area contributed by atoms with Crippen molar-refractivity contribution in [3.05, 3.63) is 53.6 Å². The Morgan fingerprint density at radius 1 is 1.35 bits per heavy atom. The molecule has 2 aromatic rings. The van der Waals surface area contributed by atoms with E-state index in [1.807, 2.05) is 30.3 Å². The molecule has 1 aromatic heterocycles. The van der Waals surface area contributed by atoms with Crippen molar-refractivity contribution >= 4 is 6.29 Å². The Bertz CT molecular complexity index is 624. The van der Waals surface area contributed by atoms with Crippen LogP contribution in [0.5, 0.6) is 0 Å². The Kier molecular flexibility index (Phi) is 5.07. The summed E-state index contributed by atoms with van der Waals surface area (Å²) in [6.45, 7) is 0.404. The highest BCUT2D eigenvalue weighted by atomic mass is 16.5. The van der Waals surface area contributed by atoms with Gasteiger partial charge in [-0.3, -0.25) is 4.79 Å². The summed E-state index contributed by atoms with van der Waals surface area (Å²) >= 11 is 0. The number of aliphatic hydroxyl groups excluding tert-OH is 1. The number of carbonyl (C=O) groups is 1. The number of aldehydes is 1. The summed E-state index contributed by atoms with van der Waals surface area (Å²) in [5, 5.41) is 8.64. The van der Waals surface area contributed by atoms with Crippen molar-refractivity contribution in [2.45, 2.75) is 13.3 Å². The van der Waals surface area contributed by atoms with Crippen molar-refractivity contribution in [1.82, 2.24) is 9.55 Å². The van der Waals surface area contributed by atoms with E-state index < -0.39 is 0 Å². The van der Waals surface area contributed by atoms with Crippen LogP contribution in [0, 0.1) is 11.8 Å². The lowest BCUT2D eigenvalue weighted by Crippen LogP contribution is -2.05. The molecular weight excluding hydrogens is 256 g/mol. The fourth-order valence-corrected chi connectivity index (χ4v) is 1.67. The monoisotopic (exact) mass is 270 g/mol. The zero-order valence-electron chi connectivity index (χ0n) is 10.8. The normalized spacial score (nSPS) is 9.85. The van der Waals surface area contributed by atoms with Crippen molar-refractivity contribution < 1.29 is 14.6 Å². The molecule has 0 unspecified atom stereocenters. The Balaban J connectivity index is 1.99. The molecule has 1 aromatic carbocycles. The molecule has 0 aliphatic heterocycles. The zero-order chi connectivity index (χ0) is 14.2. The van der Waals surface area contributed by atoms with Gasteiger partial charge in [-0.1, -0.05) is 36.3 Å². The Morgan fingerprint density at radius 2 is 2.15 bits per heavy atom. The second kappa shape index (κ2) is 7.24. The van der Waals surface area contributed by atoms with Gasteiger partial charge in [-0.05, 0) is 11.5 Å². The van der Waals surface area contributed by atoms with E-state index in [4.69, 9.17) is 9.84 Å². The van der Waals surface area contributed by atoms with E-state index in [-0.39, 0.29) is 13.3 Å². The van der Waals surface area contributed by atoms with Gasteiger partial charge in [-0.2, -0.15) is 0 Å². The van der Waals surface area contributed by atoms with Gasteiger partial charge in [0.2, 0.25) is 0 Å². The molecule has 2 rings (SSSR count). The standard InChI is InChI=1S/C15H14N2O3/c18-8-4-7-14-15(9-19)17(11-16-14)12-20-10-13-5-2-1-3-6-13/h1-3,5-6,9,11,18H,8,10,12H2. The quantitative estimate of drug-likeness (QED) is 0.655. The van der Waals surface area contributed by atoms with Crippen LogP contribution in [0.1, 0.15) is 21.7 Å².